The molecule has 0 aliphatic heterocycles. The topological polar surface area (TPSA) is 51.0 Å². The van der Waals surface area contributed by atoms with Crippen molar-refractivity contribution in [1.82, 2.24) is 14.9 Å². The highest BCUT2D eigenvalue weighted by Gasteiger charge is 2.19. The minimum absolute atomic E-state index is 0.0602. The fourth-order valence-corrected chi connectivity index (χ4v) is 2.12. The van der Waals surface area contributed by atoms with Crippen LogP contribution < -0.4 is 5.32 Å². The lowest BCUT2D eigenvalue weighted by atomic mass is 10.1. The lowest BCUT2D eigenvalue weighted by molar-refractivity contribution is 0.465. The number of hydrogen-bond acceptors (Lipinski definition) is 5. The molecule has 0 spiro atoms. The zero-order chi connectivity index (χ0) is 9.97. The van der Waals surface area contributed by atoms with Crippen LogP contribution in [0.4, 0.5) is 0 Å². The minimum Gasteiger partial charge on any atom is -0.467 e. The van der Waals surface area contributed by atoms with Crippen LogP contribution in [0, 0.1) is 6.92 Å². The van der Waals surface area contributed by atoms with Gasteiger partial charge in [0.25, 0.3) is 0 Å². The first kappa shape index (κ1) is 9.36. The standard InChI is InChI=1S/C9H11N3OS/c1-6-9(14-12-11-6)8(10-2)7-4-3-5-13-7/h3-5,8,10H,1-2H3. The largest absolute Gasteiger partial charge is 0.467 e. The number of rotatable bonds is 3. The summed E-state index contributed by atoms with van der Waals surface area (Å²) in [7, 11) is 1.90. The van der Waals surface area contributed by atoms with E-state index >= 15 is 0 Å². The summed E-state index contributed by atoms with van der Waals surface area (Å²) in [6.45, 7) is 1.95. The average Bonchev–Trinajstić information content (AvgIpc) is 2.80. The third-order valence-electron chi connectivity index (χ3n) is 2.07. The van der Waals surface area contributed by atoms with E-state index in [-0.39, 0.29) is 6.04 Å². The van der Waals surface area contributed by atoms with Gasteiger partial charge in [0.05, 0.1) is 16.8 Å². The Hall–Kier alpha value is -1.20. The SMILES string of the molecule is CNC(c1ccco1)c1snnc1C. The maximum Gasteiger partial charge on any atom is 0.126 e. The van der Waals surface area contributed by atoms with E-state index in [0.717, 1.165) is 16.3 Å². The van der Waals surface area contributed by atoms with Crippen molar-refractivity contribution in [3.05, 3.63) is 34.7 Å². The van der Waals surface area contributed by atoms with Crippen molar-refractivity contribution in [1.29, 1.82) is 0 Å². The zero-order valence-corrected chi connectivity index (χ0v) is 8.84. The molecule has 4 nitrogen and oxygen atoms in total. The highest BCUT2D eigenvalue weighted by Crippen LogP contribution is 2.26. The summed E-state index contributed by atoms with van der Waals surface area (Å²) in [5, 5.41) is 7.17. The molecule has 1 atom stereocenters. The maximum atomic E-state index is 5.35. The molecule has 0 aromatic carbocycles. The molecule has 0 saturated heterocycles. The summed E-state index contributed by atoms with van der Waals surface area (Å²) in [4.78, 5) is 1.10. The number of hydrogen-bond donors (Lipinski definition) is 1. The van der Waals surface area contributed by atoms with E-state index in [9.17, 15) is 0 Å². The summed E-state index contributed by atoms with van der Waals surface area (Å²) in [5.74, 6) is 0.890. The molecule has 0 amide bonds. The van der Waals surface area contributed by atoms with Crippen molar-refractivity contribution in [2.45, 2.75) is 13.0 Å². The number of aryl methyl sites for hydroxylation is 1. The zero-order valence-electron chi connectivity index (χ0n) is 8.02. The van der Waals surface area contributed by atoms with E-state index in [2.05, 4.69) is 14.9 Å². The van der Waals surface area contributed by atoms with Gasteiger partial charge in [-0.05, 0) is 37.6 Å². The van der Waals surface area contributed by atoms with Gasteiger partial charge in [-0.15, -0.1) is 5.10 Å². The van der Waals surface area contributed by atoms with Crippen molar-refractivity contribution in [3.63, 3.8) is 0 Å². The van der Waals surface area contributed by atoms with Gasteiger partial charge in [-0.1, -0.05) is 4.49 Å². The van der Waals surface area contributed by atoms with Crippen molar-refractivity contribution >= 4 is 11.5 Å². The normalized spacial score (nSPS) is 13.0. The second-order valence-electron chi connectivity index (χ2n) is 2.96. The molecule has 2 aromatic heterocycles. The van der Waals surface area contributed by atoms with Gasteiger partial charge in [0.15, 0.2) is 0 Å². The molecular weight excluding hydrogens is 198 g/mol. The number of aromatic nitrogens is 2. The van der Waals surface area contributed by atoms with Crippen LogP contribution in [0.3, 0.4) is 0 Å². The van der Waals surface area contributed by atoms with Crippen LogP contribution in [-0.2, 0) is 0 Å². The highest BCUT2D eigenvalue weighted by molar-refractivity contribution is 7.05. The Labute approximate surface area is 86.1 Å². The molecule has 74 valence electrons. The van der Waals surface area contributed by atoms with Gasteiger partial charge in [0.2, 0.25) is 0 Å². The average molecular weight is 209 g/mol. The molecule has 5 heteroatoms. The van der Waals surface area contributed by atoms with E-state index in [1.807, 2.05) is 26.1 Å². The van der Waals surface area contributed by atoms with Gasteiger partial charge < -0.3 is 9.73 Å². The van der Waals surface area contributed by atoms with E-state index in [0.29, 0.717) is 0 Å². The third-order valence-corrected chi connectivity index (χ3v) is 2.96. The fraction of sp³-hybridized carbons (Fsp3) is 0.333. The Morgan fingerprint density at radius 3 is 2.93 bits per heavy atom. The van der Waals surface area contributed by atoms with Gasteiger partial charge in [-0.3, -0.25) is 0 Å². The molecule has 2 rings (SSSR count). The van der Waals surface area contributed by atoms with Gasteiger partial charge in [0.1, 0.15) is 11.8 Å². The van der Waals surface area contributed by atoms with E-state index < -0.39 is 0 Å². The molecule has 2 heterocycles. The van der Waals surface area contributed by atoms with Crippen LogP contribution in [0.2, 0.25) is 0 Å². The van der Waals surface area contributed by atoms with Crippen LogP contribution in [0.25, 0.3) is 0 Å². The molecule has 0 saturated carbocycles. The van der Waals surface area contributed by atoms with Crippen molar-refractivity contribution in [2.24, 2.45) is 0 Å². The molecule has 0 radical (unpaired) electrons. The predicted molar refractivity (Wildman–Crippen MR) is 54.3 cm³/mol. The van der Waals surface area contributed by atoms with Gasteiger partial charge in [-0.2, -0.15) is 0 Å². The molecule has 1 unspecified atom stereocenters. The van der Waals surface area contributed by atoms with Crippen LogP contribution >= 0.6 is 11.5 Å². The summed E-state index contributed by atoms with van der Waals surface area (Å²) < 4.78 is 9.26. The Bertz CT molecular complexity index is 396. The Balaban J connectivity index is 2.36. The Kier molecular flexibility index (Phi) is 2.60. The van der Waals surface area contributed by atoms with E-state index in [4.69, 9.17) is 4.42 Å². The van der Waals surface area contributed by atoms with Crippen LogP contribution in [0.15, 0.2) is 22.8 Å². The lowest BCUT2D eigenvalue weighted by Gasteiger charge is -2.10. The monoisotopic (exact) mass is 209 g/mol. The quantitative estimate of drug-likeness (QED) is 0.836. The second kappa shape index (κ2) is 3.89. The minimum atomic E-state index is 0.0602. The highest BCUT2D eigenvalue weighted by atomic mass is 32.1. The van der Waals surface area contributed by atoms with Crippen molar-refractivity contribution in [2.75, 3.05) is 7.05 Å². The van der Waals surface area contributed by atoms with Crippen LogP contribution in [0.5, 0.6) is 0 Å². The molecule has 1 N–H and O–H groups in total. The molecule has 0 aliphatic carbocycles. The third kappa shape index (κ3) is 1.56. The smallest absolute Gasteiger partial charge is 0.126 e. The number of nitrogens with one attached hydrogen (secondary N) is 1. The summed E-state index contributed by atoms with van der Waals surface area (Å²) >= 11 is 1.40. The van der Waals surface area contributed by atoms with Crippen LogP contribution in [-0.4, -0.2) is 16.6 Å². The fourth-order valence-electron chi connectivity index (χ4n) is 1.36. The summed E-state index contributed by atoms with van der Waals surface area (Å²) in [6, 6.07) is 3.88. The number of furan rings is 1. The number of nitrogens with zero attached hydrogens (tertiary/aromatic N) is 2. The van der Waals surface area contributed by atoms with Crippen molar-refractivity contribution < 1.29 is 4.42 Å². The Morgan fingerprint density at radius 2 is 2.43 bits per heavy atom. The van der Waals surface area contributed by atoms with E-state index in [1.54, 1.807) is 6.26 Å². The molecule has 2 aromatic rings. The van der Waals surface area contributed by atoms with Gasteiger partial charge in [0, 0.05) is 0 Å². The molecule has 0 aliphatic rings. The predicted octanol–water partition coefficient (Wildman–Crippen LogP) is 1.75. The first-order valence-electron chi connectivity index (χ1n) is 4.32. The summed E-state index contributed by atoms with van der Waals surface area (Å²) in [5.41, 5.74) is 0.950. The molecule has 0 bridgehead atoms. The first-order chi connectivity index (χ1) is 6.83. The van der Waals surface area contributed by atoms with Crippen molar-refractivity contribution in [3.8, 4) is 0 Å². The van der Waals surface area contributed by atoms with Gasteiger partial charge >= 0.3 is 0 Å². The maximum absolute atomic E-state index is 5.35. The molecular formula is C9H11N3OS. The van der Waals surface area contributed by atoms with E-state index in [1.165, 1.54) is 11.5 Å². The Morgan fingerprint density at radius 1 is 1.57 bits per heavy atom. The lowest BCUT2D eigenvalue weighted by Crippen LogP contribution is -2.16. The van der Waals surface area contributed by atoms with Gasteiger partial charge in [-0.25, -0.2) is 0 Å². The van der Waals surface area contributed by atoms with Crippen LogP contribution in [0.1, 0.15) is 22.4 Å². The molecule has 0 fully saturated rings. The second-order valence-corrected chi connectivity index (χ2v) is 3.75. The summed E-state index contributed by atoms with van der Waals surface area (Å²) in [6.07, 6.45) is 1.67. The molecule has 14 heavy (non-hydrogen) atoms. The first-order valence-corrected chi connectivity index (χ1v) is 5.09.